The van der Waals surface area contributed by atoms with E-state index in [1.807, 2.05) is 12.1 Å². The molecule has 1 saturated carbocycles. The van der Waals surface area contributed by atoms with Crippen molar-refractivity contribution in [2.45, 2.75) is 38.1 Å². The Hall–Kier alpha value is -1.55. The molecule has 4 nitrogen and oxygen atoms in total. The topological polar surface area (TPSA) is 67.1 Å². The van der Waals surface area contributed by atoms with Gasteiger partial charge in [0.25, 0.3) is 0 Å². The summed E-state index contributed by atoms with van der Waals surface area (Å²) in [4.78, 5) is 11.8. The Morgan fingerprint density at radius 2 is 2.06 bits per heavy atom. The number of carbonyl (C=O) groups excluding carboxylic acids is 1. The highest BCUT2D eigenvalue weighted by molar-refractivity contribution is 5.92. The van der Waals surface area contributed by atoms with Crippen LogP contribution in [-0.2, 0) is 4.79 Å². The van der Waals surface area contributed by atoms with E-state index >= 15 is 0 Å². The molecule has 0 aliphatic heterocycles. The molecule has 98 valence electrons. The van der Waals surface area contributed by atoms with Crippen molar-refractivity contribution in [3.05, 3.63) is 24.3 Å². The molecule has 18 heavy (non-hydrogen) atoms. The van der Waals surface area contributed by atoms with Gasteiger partial charge in [0.2, 0.25) is 5.91 Å². The summed E-state index contributed by atoms with van der Waals surface area (Å²) in [6.07, 6.45) is 6.24. The average Bonchev–Trinajstić information content (AvgIpc) is 2.38. The first-order chi connectivity index (χ1) is 8.74. The van der Waals surface area contributed by atoms with Gasteiger partial charge < -0.3 is 16.4 Å². The molecule has 1 aliphatic carbocycles. The minimum absolute atomic E-state index is 0.00817. The highest BCUT2D eigenvalue weighted by Crippen LogP contribution is 2.17. The van der Waals surface area contributed by atoms with Gasteiger partial charge in [0.15, 0.2) is 0 Å². The fourth-order valence-electron chi connectivity index (χ4n) is 2.37. The van der Waals surface area contributed by atoms with Gasteiger partial charge in [-0.3, -0.25) is 4.79 Å². The molecular formula is C14H21N3O. The number of anilines is 2. The number of rotatable bonds is 4. The van der Waals surface area contributed by atoms with Gasteiger partial charge in [0, 0.05) is 17.4 Å². The molecule has 0 aromatic heterocycles. The first-order valence-corrected chi connectivity index (χ1v) is 6.63. The summed E-state index contributed by atoms with van der Waals surface area (Å²) in [5.41, 5.74) is 7.07. The maximum absolute atomic E-state index is 11.8. The van der Waals surface area contributed by atoms with Crippen LogP contribution < -0.4 is 16.4 Å². The molecule has 2 rings (SSSR count). The number of benzene rings is 1. The molecule has 0 unspecified atom stereocenters. The molecule has 0 heterocycles. The van der Waals surface area contributed by atoms with Gasteiger partial charge in [-0.25, -0.2) is 0 Å². The van der Waals surface area contributed by atoms with Gasteiger partial charge in [0.05, 0.1) is 6.54 Å². The number of carbonyl (C=O) groups is 1. The van der Waals surface area contributed by atoms with Gasteiger partial charge in [-0.1, -0.05) is 25.3 Å². The smallest absolute Gasteiger partial charge is 0.238 e. The molecule has 0 spiro atoms. The van der Waals surface area contributed by atoms with E-state index in [4.69, 9.17) is 5.73 Å². The summed E-state index contributed by atoms with van der Waals surface area (Å²) in [6.45, 7) is 0.374. The molecule has 1 amide bonds. The van der Waals surface area contributed by atoms with E-state index in [-0.39, 0.29) is 5.91 Å². The number of nitrogens with two attached hydrogens (primary N) is 1. The van der Waals surface area contributed by atoms with Gasteiger partial charge in [-0.2, -0.15) is 0 Å². The summed E-state index contributed by atoms with van der Waals surface area (Å²) in [5, 5.41) is 6.15. The van der Waals surface area contributed by atoms with Crippen LogP contribution in [0.1, 0.15) is 32.1 Å². The molecule has 0 saturated heterocycles. The lowest BCUT2D eigenvalue weighted by Crippen LogP contribution is -2.37. The zero-order valence-electron chi connectivity index (χ0n) is 10.6. The van der Waals surface area contributed by atoms with Crippen LogP contribution in [0.3, 0.4) is 0 Å². The summed E-state index contributed by atoms with van der Waals surface area (Å²) in [7, 11) is 0. The van der Waals surface area contributed by atoms with Crippen molar-refractivity contribution in [1.29, 1.82) is 0 Å². The minimum Gasteiger partial charge on any atom is -0.399 e. The van der Waals surface area contributed by atoms with Crippen LogP contribution in [0, 0.1) is 0 Å². The lowest BCUT2D eigenvalue weighted by Gasteiger charge is -2.22. The summed E-state index contributed by atoms with van der Waals surface area (Å²) in [6, 6.07) is 7.74. The lowest BCUT2D eigenvalue weighted by atomic mass is 9.95. The Morgan fingerprint density at radius 1 is 1.28 bits per heavy atom. The van der Waals surface area contributed by atoms with Crippen molar-refractivity contribution in [1.82, 2.24) is 5.32 Å². The van der Waals surface area contributed by atoms with Crippen molar-refractivity contribution in [3.63, 3.8) is 0 Å². The fourth-order valence-corrected chi connectivity index (χ4v) is 2.37. The maximum atomic E-state index is 11.8. The molecule has 1 fully saturated rings. The maximum Gasteiger partial charge on any atom is 0.238 e. The summed E-state index contributed by atoms with van der Waals surface area (Å²) < 4.78 is 0. The third-order valence-corrected chi connectivity index (χ3v) is 3.33. The van der Waals surface area contributed by atoms with E-state index in [2.05, 4.69) is 10.6 Å². The van der Waals surface area contributed by atoms with E-state index in [9.17, 15) is 4.79 Å². The Kier molecular flexibility index (Phi) is 4.59. The molecule has 0 bridgehead atoms. The Balaban J connectivity index is 1.74. The molecule has 1 aromatic carbocycles. The number of amides is 1. The molecule has 0 atom stereocenters. The first kappa shape index (κ1) is 12.9. The predicted octanol–water partition coefficient (Wildman–Crippen LogP) is 2.13. The Labute approximate surface area is 108 Å². The second-order valence-corrected chi connectivity index (χ2v) is 4.89. The van der Waals surface area contributed by atoms with Crippen LogP contribution in [0.15, 0.2) is 24.3 Å². The zero-order valence-corrected chi connectivity index (χ0v) is 10.6. The third kappa shape index (κ3) is 4.04. The molecule has 0 radical (unpaired) electrons. The van der Waals surface area contributed by atoms with Crippen LogP contribution in [0.5, 0.6) is 0 Å². The predicted molar refractivity (Wildman–Crippen MR) is 74.4 cm³/mol. The van der Waals surface area contributed by atoms with Crippen LogP contribution in [-0.4, -0.2) is 18.5 Å². The van der Waals surface area contributed by atoms with Gasteiger partial charge >= 0.3 is 0 Å². The SMILES string of the molecule is Nc1cccc(NC(=O)CNC2CCCCC2)c1. The summed E-state index contributed by atoms with van der Waals surface area (Å²) in [5.74, 6) is -0.00817. The Morgan fingerprint density at radius 3 is 2.78 bits per heavy atom. The van der Waals surface area contributed by atoms with E-state index in [0.717, 1.165) is 5.69 Å². The van der Waals surface area contributed by atoms with E-state index in [0.29, 0.717) is 18.3 Å². The number of nitrogens with one attached hydrogen (secondary N) is 2. The lowest BCUT2D eigenvalue weighted by molar-refractivity contribution is -0.115. The van der Waals surface area contributed by atoms with Crippen LogP contribution in [0.2, 0.25) is 0 Å². The Bertz CT molecular complexity index is 400. The van der Waals surface area contributed by atoms with Crippen molar-refractivity contribution in [2.24, 2.45) is 0 Å². The normalized spacial score (nSPS) is 16.4. The highest BCUT2D eigenvalue weighted by atomic mass is 16.1. The van der Waals surface area contributed by atoms with Crippen molar-refractivity contribution in [3.8, 4) is 0 Å². The minimum atomic E-state index is -0.00817. The quantitative estimate of drug-likeness (QED) is 0.714. The number of hydrogen-bond donors (Lipinski definition) is 3. The molecule has 4 N–H and O–H groups in total. The van der Waals surface area contributed by atoms with Gasteiger partial charge in [0.1, 0.15) is 0 Å². The molecule has 4 heteroatoms. The van der Waals surface area contributed by atoms with Gasteiger partial charge in [-0.15, -0.1) is 0 Å². The zero-order chi connectivity index (χ0) is 12.8. The summed E-state index contributed by atoms with van der Waals surface area (Å²) >= 11 is 0. The number of nitrogen functional groups attached to an aromatic ring is 1. The second kappa shape index (κ2) is 6.40. The van der Waals surface area contributed by atoms with Crippen LogP contribution >= 0.6 is 0 Å². The monoisotopic (exact) mass is 247 g/mol. The van der Waals surface area contributed by atoms with Crippen LogP contribution in [0.25, 0.3) is 0 Å². The van der Waals surface area contributed by atoms with Crippen molar-refractivity contribution in [2.75, 3.05) is 17.6 Å². The van der Waals surface area contributed by atoms with Crippen LogP contribution in [0.4, 0.5) is 11.4 Å². The molecule has 1 aromatic rings. The second-order valence-electron chi connectivity index (χ2n) is 4.89. The van der Waals surface area contributed by atoms with E-state index in [1.165, 1.54) is 32.1 Å². The standard InChI is InChI=1S/C14H21N3O/c15-11-5-4-8-13(9-11)17-14(18)10-16-12-6-2-1-3-7-12/h4-5,8-9,12,16H,1-3,6-7,10,15H2,(H,17,18). The van der Waals surface area contributed by atoms with Crippen molar-refractivity contribution >= 4 is 17.3 Å². The van der Waals surface area contributed by atoms with Gasteiger partial charge in [-0.05, 0) is 31.0 Å². The average molecular weight is 247 g/mol. The van der Waals surface area contributed by atoms with E-state index in [1.54, 1.807) is 12.1 Å². The number of hydrogen-bond acceptors (Lipinski definition) is 3. The van der Waals surface area contributed by atoms with E-state index < -0.39 is 0 Å². The first-order valence-electron chi connectivity index (χ1n) is 6.63. The molecule has 1 aliphatic rings. The largest absolute Gasteiger partial charge is 0.399 e. The molecular weight excluding hydrogens is 226 g/mol. The highest BCUT2D eigenvalue weighted by Gasteiger charge is 2.13. The third-order valence-electron chi connectivity index (χ3n) is 3.33. The fraction of sp³-hybridized carbons (Fsp3) is 0.500. The van der Waals surface area contributed by atoms with Crippen molar-refractivity contribution < 1.29 is 4.79 Å².